The van der Waals surface area contributed by atoms with Gasteiger partial charge in [-0.3, -0.25) is 4.79 Å². The number of carbonyl (C=O) groups is 2. The van der Waals surface area contributed by atoms with Crippen LogP contribution in [0.1, 0.15) is 97.8 Å². The summed E-state index contributed by atoms with van der Waals surface area (Å²) in [6.45, 7) is 9.14. The van der Waals surface area contributed by atoms with Crippen LogP contribution in [-0.2, 0) is 28.5 Å². The van der Waals surface area contributed by atoms with E-state index < -0.39 is 5.60 Å². The highest BCUT2D eigenvalue weighted by atomic mass is 16.6. The lowest BCUT2D eigenvalue weighted by atomic mass is 9.84. The van der Waals surface area contributed by atoms with E-state index >= 15 is 0 Å². The second-order valence-electron chi connectivity index (χ2n) is 10.5. The van der Waals surface area contributed by atoms with Gasteiger partial charge in [-0.15, -0.1) is 0 Å². The van der Waals surface area contributed by atoms with Crippen molar-refractivity contribution < 1.29 is 33.6 Å². The van der Waals surface area contributed by atoms with E-state index in [1.165, 1.54) is 0 Å². The molecule has 0 bridgehead atoms. The maximum absolute atomic E-state index is 11.4. The monoisotopic (exact) mass is 484 g/mol. The molecule has 3 saturated carbocycles. The zero-order chi connectivity index (χ0) is 25.8. The molecule has 34 heavy (non-hydrogen) atoms. The predicted molar refractivity (Wildman–Crippen MR) is 133 cm³/mol. The third-order valence-electron chi connectivity index (χ3n) is 7.18. The molecular weight excluding hydrogens is 436 g/mol. The van der Waals surface area contributed by atoms with Gasteiger partial charge in [0.1, 0.15) is 11.4 Å². The third-order valence-corrected chi connectivity index (χ3v) is 7.18. The number of hydrogen-bond acceptors (Lipinski definition) is 7. The number of hydrogen-bond donors (Lipinski definition) is 1. The van der Waals surface area contributed by atoms with Gasteiger partial charge in [0.05, 0.1) is 23.9 Å². The van der Waals surface area contributed by atoms with E-state index in [0.717, 1.165) is 77.0 Å². The first-order valence-corrected chi connectivity index (χ1v) is 12.6. The molecule has 3 rings (SSSR count). The molecular formula is C27H48O7. The summed E-state index contributed by atoms with van der Waals surface area (Å²) >= 11 is 0. The van der Waals surface area contributed by atoms with Gasteiger partial charge in [0.25, 0.3) is 0 Å². The van der Waals surface area contributed by atoms with Gasteiger partial charge < -0.3 is 24.1 Å². The zero-order valence-electron chi connectivity index (χ0n) is 22.3. The van der Waals surface area contributed by atoms with Gasteiger partial charge in [0.15, 0.2) is 0 Å². The molecule has 0 spiro atoms. The molecule has 3 fully saturated rings. The number of Topliss-reactive ketones (excluding diaryl/α,β-unsaturated/α-hetero) is 1. The maximum Gasteiger partial charge on any atom is 0.333 e. The van der Waals surface area contributed by atoms with Crippen molar-refractivity contribution in [3.63, 3.8) is 0 Å². The molecule has 0 radical (unpaired) electrons. The Morgan fingerprint density at radius 1 is 0.824 bits per heavy atom. The van der Waals surface area contributed by atoms with E-state index in [0.29, 0.717) is 29.7 Å². The standard InChI is InChI=1S/C12H20O3.C8H16O2.C7H12O2/c1-9(2)11(13)15-12(3)7-5-10(14-4)6-8-12;1-8(9)5-3-7(10-2)4-6-8;1-9-7-4-2-6(8)3-5-7/h10H,1,5-8H2,2-4H3;7,9H,3-6H2,1-2H3;7H,2-5H2,1H3. The highest BCUT2D eigenvalue weighted by Gasteiger charge is 2.34. The molecule has 7 nitrogen and oxygen atoms in total. The Labute approximate surface area is 206 Å². The lowest BCUT2D eigenvalue weighted by Gasteiger charge is -2.36. The SMILES string of the molecule is C=C(C)C(=O)OC1(C)CCC(OC)CC1.COC1CCC(=O)CC1.COC1CCC(C)(O)CC1. The molecule has 0 saturated heterocycles. The second-order valence-corrected chi connectivity index (χ2v) is 10.5. The van der Waals surface area contributed by atoms with Crippen LogP contribution in [-0.4, -0.2) is 67.7 Å². The molecule has 0 aliphatic heterocycles. The Morgan fingerprint density at radius 3 is 1.59 bits per heavy atom. The van der Waals surface area contributed by atoms with Crippen LogP contribution >= 0.6 is 0 Å². The molecule has 198 valence electrons. The van der Waals surface area contributed by atoms with Crippen LogP contribution in [0.2, 0.25) is 0 Å². The smallest absolute Gasteiger partial charge is 0.333 e. The molecule has 0 unspecified atom stereocenters. The number of aliphatic hydroxyl groups is 1. The van der Waals surface area contributed by atoms with E-state index in [2.05, 4.69) is 6.58 Å². The van der Waals surface area contributed by atoms with Crippen LogP contribution < -0.4 is 0 Å². The Kier molecular flexibility index (Phi) is 13.5. The molecule has 0 aromatic heterocycles. The van der Waals surface area contributed by atoms with Gasteiger partial charge in [-0.1, -0.05) is 6.58 Å². The first-order valence-electron chi connectivity index (χ1n) is 12.6. The normalized spacial score (nSPS) is 31.9. The molecule has 1 N–H and O–H groups in total. The minimum absolute atomic E-state index is 0.284. The molecule has 0 aromatic rings. The molecule has 0 amide bonds. The van der Waals surface area contributed by atoms with Gasteiger partial charge in [0, 0.05) is 39.7 Å². The quantitative estimate of drug-likeness (QED) is 0.437. The highest BCUT2D eigenvalue weighted by Crippen LogP contribution is 2.33. The Hall–Kier alpha value is -1.28. The largest absolute Gasteiger partial charge is 0.456 e. The van der Waals surface area contributed by atoms with E-state index in [9.17, 15) is 14.7 Å². The fraction of sp³-hybridized carbons (Fsp3) is 0.852. The van der Waals surface area contributed by atoms with Crippen LogP contribution in [0.5, 0.6) is 0 Å². The van der Waals surface area contributed by atoms with E-state index in [1.807, 2.05) is 13.8 Å². The van der Waals surface area contributed by atoms with E-state index in [4.69, 9.17) is 18.9 Å². The van der Waals surface area contributed by atoms with Crippen molar-refractivity contribution in [3.8, 4) is 0 Å². The van der Waals surface area contributed by atoms with Crippen LogP contribution in [0.4, 0.5) is 0 Å². The predicted octanol–water partition coefficient (Wildman–Crippen LogP) is 4.92. The topological polar surface area (TPSA) is 91.3 Å². The average molecular weight is 485 g/mol. The fourth-order valence-corrected chi connectivity index (χ4v) is 4.45. The molecule has 0 atom stereocenters. The summed E-state index contributed by atoms with van der Waals surface area (Å²) in [4.78, 5) is 22.1. The summed E-state index contributed by atoms with van der Waals surface area (Å²) in [5.41, 5.74) is -0.287. The zero-order valence-corrected chi connectivity index (χ0v) is 22.3. The van der Waals surface area contributed by atoms with Crippen LogP contribution in [0.25, 0.3) is 0 Å². The minimum Gasteiger partial charge on any atom is -0.456 e. The Balaban J connectivity index is 0.000000266. The van der Waals surface area contributed by atoms with Crippen LogP contribution in [0.3, 0.4) is 0 Å². The van der Waals surface area contributed by atoms with Gasteiger partial charge in [-0.25, -0.2) is 4.79 Å². The van der Waals surface area contributed by atoms with Gasteiger partial charge in [-0.05, 0) is 85.0 Å². The lowest BCUT2D eigenvalue weighted by Crippen LogP contribution is -2.38. The van der Waals surface area contributed by atoms with Crippen molar-refractivity contribution in [1.29, 1.82) is 0 Å². The van der Waals surface area contributed by atoms with E-state index in [1.54, 1.807) is 28.3 Å². The number of methoxy groups -OCH3 is 3. The first kappa shape index (κ1) is 30.8. The Morgan fingerprint density at radius 2 is 1.21 bits per heavy atom. The summed E-state index contributed by atoms with van der Waals surface area (Å²) in [5, 5.41) is 9.53. The minimum atomic E-state index is -0.422. The Bertz CT molecular complexity index is 615. The third kappa shape index (κ3) is 11.9. The summed E-state index contributed by atoms with van der Waals surface area (Å²) in [5.74, 6) is 0.108. The molecule has 0 heterocycles. The van der Waals surface area contributed by atoms with Crippen molar-refractivity contribution in [3.05, 3.63) is 12.2 Å². The average Bonchev–Trinajstić information content (AvgIpc) is 2.81. The van der Waals surface area contributed by atoms with Crippen molar-refractivity contribution in [2.45, 2.75) is 127 Å². The van der Waals surface area contributed by atoms with E-state index in [-0.39, 0.29) is 11.6 Å². The number of ketones is 1. The van der Waals surface area contributed by atoms with Crippen molar-refractivity contribution in [2.75, 3.05) is 21.3 Å². The van der Waals surface area contributed by atoms with Gasteiger partial charge in [-0.2, -0.15) is 0 Å². The van der Waals surface area contributed by atoms with Crippen LogP contribution in [0, 0.1) is 0 Å². The first-order chi connectivity index (χ1) is 15.9. The van der Waals surface area contributed by atoms with Gasteiger partial charge in [0.2, 0.25) is 0 Å². The number of ether oxygens (including phenoxy) is 4. The summed E-state index contributed by atoms with van der Waals surface area (Å²) in [6.07, 6.45) is 11.8. The second kappa shape index (κ2) is 15.0. The number of carbonyl (C=O) groups excluding carboxylic acids is 2. The molecule has 7 heteroatoms. The lowest BCUT2D eigenvalue weighted by molar-refractivity contribution is -0.158. The van der Waals surface area contributed by atoms with Crippen LogP contribution in [0.15, 0.2) is 12.2 Å². The van der Waals surface area contributed by atoms with Crippen molar-refractivity contribution in [2.24, 2.45) is 0 Å². The summed E-state index contributed by atoms with van der Waals surface area (Å²) in [6, 6.07) is 0. The fourth-order valence-electron chi connectivity index (χ4n) is 4.45. The molecule has 3 aliphatic carbocycles. The molecule has 3 aliphatic rings. The van der Waals surface area contributed by atoms with Crippen molar-refractivity contribution >= 4 is 11.8 Å². The summed E-state index contributed by atoms with van der Waals surface area (Å²) in [7, 11) is 5.18. The van der Waals surface area contributed by atoms with Crippen molar-refractivity contribution in [1.82, 2.24) is 0 Å². The highest BCUT2D eigenvalue weighted by molar-refractivity contribution is 5.87. The summed E-state index contributed by atoms with van der Waals surface area (Å²) < 4.78 is 21.0. The molecule has 0 aromatic carbocycles. The number of esters is 1. The number of rotatable bonds is 5. The maximum atomic E-state index is 11.4. The van der Waals surface area contributed by atoms with Gasteiger partial charge >= 0.3 is 5.97 Å².